The first-order valence-electron chi connectivity index (χ1n) is 27.1. The van der Waals surface area contributed by atoms with Crippen LogP contribution in [0.25, 0.3) is 0 Å². The average molecular weight is 913 g/mol. The Morgan fingerprint density at radius 1 is 0.348 bits per heavy atom. The van der Waals surface area contributed by atoms with Crippen molar-refractivity contribution in [2.24, 2.45) is 0 Å². The van der Waals surface area contributed by atoms with Gasteiger partial charge in [-0.2, -0.15) is 0 Å². The molecule has 0 bridgehead atoms. The largest absolute Gasteiger partial charge is 0.462 e. The molecule has 0 saturated carbocycles. The number of hydrogen-bond acceptors (Lipinski definition) is 5. The van der Waals surface area contributed by atoms with Gasteiger partial charge in [-0.1, -0.05) is 238 Å². The van der Waals surface area contributed by atoms with E-state index in [9.17, 15) is 14.7 Å². The van der Waals surface area contributed by atoms with Crippen LogP contribution in [0.15, 0.2) is 122 Å². The highest BCUT2D eigenvalue weighted by molar-refractivity contribution is 5.70. The molecule has 0 aromatic heterocycles. The Balaban J connectivity index is 3.56. The Kier molecular flexibility index (Phi) is 52.5. The molecular weight excluding hydrogens is 813 g/mol. The van der Waals surface area contributed by atoms with Crippen LogP contribution in [-0.4, -0.2) is 36.4 Å². The minimum Gasteiger partial charge on any atom is -0.462 e. The number of allylic oxidation sites excluding steroid dienone is 20. The molecule has 0 aromatic rings. The highest BCUT2D eigenvalue weighted by Crippen LogP contribution is 2.15. The summed E-state index contributed by atoms with van der Waals surface area (Å²) in [6.07, 6.45) is 81.5. The Bertz CT molecular complexity index is 1350. The lowest BCUT2D eigenvalue weighted by Gasteiger charge is -2.15. The molecular formula is C61H100O5. The monoisotopic (exact) mass is 913 g/mol. The van der Waals surface area contributed by atoms with E-state index >= 15 is 0 Å². The van der Waals surface area contributed by atoms with Gasteiger partial charge >= 0.3 is 11.9 Å². The van der Waals surface area contributed by atoms with E-state index in [1.165, 1.54) is 96.3 Å². The van der Waals surface area contributed by atoms with E-state index in [4.69, 9.17) is 9.47 Å². The summed E-state index contributed by atoms with van der Waals surface area (Å²) in [5.41, 5.74) is 0. The maximum atomic E-state index is 12.3. The van der Waals surface area contributed by atoms with Crippen molar-refractivity contribution >= 4 is 11.9 Å². The molecule has 66 heavy (non-hydrogen) atoms. The van der Waals surface area contributed by atoms with Gasteiger partial charge in [-0.3, -0.25) is 9.59 Å². The molecule has 0 saturated heterocycles. The molecule has 0 aliphatic rings. The van der Waals surface area contributed by atoms with Crippen LogP contribution in [0, 0.1) is 0 Å². The number of esters is 2. The molecule has 1 atom stereocenters. The third kappa shape index (κ3) is 52.9. The summed E-state index contributed by atoms with van der Waals surface area (Å²) >= 11 is 0. The first-order chi connectivity index (χ1) is 32.6. The topological polar surface area (TPSA) is 72.8 Å². The molecule has 0 radical (unpaired) electrons. The smallest absolute Gasteiger partial charge is 0.306 e. The number of hydrogen-bond donors (Lipinski definition) is 1. The lowest BCUT2D eigenvalue weighted by molar-refractivity contribution is -0.161. The van der Waals surface area contributed by atoms with Gasteiger partial charge in [-0.05, 0) is 103 Å². The lowest BCUT2D eigenvalue weighted by atomic mass is 10.0. The molecule has 374 valence electrons. The molecule has 0 fully saturated rings. The molecule has 0 amide bonds. The van der Waals surface area contributed by atoms with Gasteiger partial charge in [-0.15, -0.1) is 0 Å². The van der Waals surface area contributed by atoms with Gasteiger partial charge in [0.2, 0.25) is 0 Å². The Morgan fingerprint density at radius 2 is 0.606 bits per heavy atom. The SMILES string of the molecule is CC/C=C\C/C=C\C/C=C\C/C=C\C/C=C\C/C=C\CCCCCCCCC(=O)OC(CO)COC(=O)CCCCCCCCCCCCCCCC/C=C\C/C=C\C/C=C\C/C=C\CC. The van der Waals surface area contributed by atoms with Crippen LogP contribution < -0.4 is 0 Å². The van der Waals surface area contributed by atoms with Crippen LogP contribution in [0.2, 0.25) is 0 Å². The van der Waals surface area contributed by atoms with Crippen LogP contribution in [0.4, 0.5) is 0 Å². The van der Waals surface area contributed by atoms with Crippen LogP contribution in [0.5, 0.6) is 0 Å². The summed E-state index contributed by atoms with van der Waals surface area (Å²) in [4.78, 5) is 24.5. The zero-order valence-electron chi connectivity index (χ0n) is 42.7. The molecule has 0 heterocycles. The van der Waals surface area contributed by atoms with Crippen molar-refractivity contribution in [3.05, 3.63) is 122 Å². The second kappa shape index (κ2) is 55.6. The quantitative estimate of drug-likeness (QED) is 0.0374. The molecule has 0 aliphatic carbocycles. The maximum absolute atomic E-state index is 12.3. The van der Waals surface area contributed by atoms with Gasteiger partial charge in [0.25, 0.3) is 0 Å². The highest BCUT2D eigenvalue weighted by Gasteiger charge is 2.16. The third-order valence-electron chi connectivity index (χ3n) is 11.3. The standard InChI is InChI=1S/C61H100O5/c1-3-5-7-9-11-13-15-17-19-21-23-25-27-29-30-32-33-35-37-39-41-43-45-47-49-51-53-55-60(63)65-58-59(57-62)66-61(64)56-54-52-50-48-46-44-42-40-38-36-34-31-28-26-24-22-20-18-16-14-12-10-8-6-4-2/h5-8,11-14,17-20,23-26,31,34,38,40,59,62H,3-4,9-10,15-16,21-22,27-30,32-33,35-37,39,41-58H2,1-2H3/b7-5-,8-6-,13-11-,14-12-,19-17-,20-18-,25-23-,26-24-,34-31-,40-38-. The van der Waals surface area contributed by atoms with Crippen molar-refractivity contribution in [2.45, 2.75) is 238 Å². The lowest BCUT2D eigenvalue weighted by Crippen LogP contribution is -2.28. The zero-order chi connectivity index (χ0) is 47.7. The van der Waals surface area contributed by atoms with E-state index in [1.54, 1.807) is 0 Å². The Morgan fingerprint density at radius 3 is 0.909 bits per heavy atom. The maximum Gasteiger partial charge on any atom is 0.306 e. The molecule has 5 heteroatoms. The van der Waals surface area contributed by atoms with Gasteiger partial charge in [0, 0.05) is 12.8 Å². The van der Waals surface area contributed by atoms with Crippen molar-refractivity contribution in [3.63, 3.8) is 0 Å². The fourth-order valence-electron chi connectivity index (χ4n) is 7.26. The highest BCUT2D eigenvalue weighted by atomic mass is 16.6. The van der Waals surface area contributed by atoms with Crippen molar-refractivity contribution in [1.29, 1.82) is 0 Å². The summed E-state index contributed by atoms with van der Waals surface area (Å²) in [5, 5.41) is 9.65. The second-order valence-electron chi connectivity index (χ2n) is 17.5. The van der Waals surface area contributed by atoms with Gasteiger partial charge in [0.05, 0.1) is 6.61 Å². The van der Waals surface area contributed by atoms with E-state index in [0.717, 1.165) is 109 Å². The van der Waals surface area contributed by atoms with Crippen molar-refractivity contribution < 1.29 is 24.2 Å². The van der Waals surface area contributed by atoms with Crippen molar-refractivity contribution in [1.82, 2.24) is 0 Å². The number of unbranched alkanes of at least 4 members (excludes halogenated alkanes) is 20. The van der Waals surface area contributed by atoms with E-state index in [0.29, 0.717) is 12.8 Å². The minimum atomic E-state index is -0.789. The Hall–Kier alpha value is -3.70. The van der Waals surface area contributed by atoms with E-state index in [1.807, 2.05) is 0 Å². The van der Waals surface area contributed by atoms with Crippen LogP contribution in [0.3, 0.4) is 0 Å². The van der Waals surface area contributed by atoms with E-state index in [2.05, 4.69) is 135 Å². The first kappa shape index (κ1) is 62.3. The fraction of sp³-hybridized carbons (Fsp3) is 0.639. The van der Waals surface area contributed by atoms with Gasteiger partial charge in [-0.25, -0.2) is 0 Å². The second-order valence-corrected chi connectivity index (χ2v) is 17.5. The van der Waals surface area contributed by atoms with Crippen LogP contribution in [-0.2, 0) is 19.1 Å². The number of rotatable bonds is 48. The predicted octanol–water partition coefficient (Wildman–Crippen LogP) is 18.3. The zero-order valence-corrected chi connectivity index (χ0v) is 42.7. The van der Waals surface area contributed by atoms with Gasteiger partial charge < -0.3 is 14.6 Å². The summed E-state index contributed by atoms with van der Waals surface area (Å²) in [7, 11) is 0. The molecule has 1 unspecified atom stereocenters. The number of aliphatic hydroxyl groups is 1. The molecule has 0 aliphatic heterocycles. The summed E-state index contributed by atoms with van der Waals surface area (Å²) in [6.45, 7) is 3.90. The van der Waals surface area contributed by atoms with Gasteiger partial charge in [0.15, 0.2) is 6.10 Å². The summed E-state index contributed by atoms with van der Waals surface area (Å²) in [6, 6.07) is 0. The van der Waals surface area contributed by atoms with E-state index < -0.39 is 6.10 Å². The number of aliphatic hydroxyl groups excluding tert-OH is 1. The van der Waals surface area contributed by atoms with Crippen LogP contribution >= 0.6 is 0 Å². The summed E-state index contributed by atoms with van der Waals surface area (Å²) < 4.78 is 10.7. The molecule has 0 aromatic carbocycles. The molecule has 0 rings (SSSR count). The average Bonchev–Trinajstić information content (AvgIpc) is 3.32. The fourth-order valence-corrected chi connectivity index (χ4v) is 7.26. The van der Waals surface area contributed by atoms with Crippen molar-refractivity contribution in [2.75, 3.05) is 13.2 Å². The van der Waals surface area contributed by atoms with Crippen molar-refractivity contribution in [3.8, 4) is 0 Å². The van der Waals surface area contributed by atoms with E-state index in [-0.39, 0.29) is 25.2 Å². The molecule has 0 spiro atoms. The number of ether oxygens (including phenoxy) is 2. The minimum absolute atomic E-state index is 0.0788. The molecule has 5 nitrogen and oxygen atoms in total. The number of carbonyl (C=O) groups excluding carboxylic acids is 2. The third-order valence-corrected chi connectivity index (χ3v) is 11.3. The number of carbonyl (C=O) groups is 2. The molecule has 1 N–H and O–H groups in total. The predicted molar refractivity (Wildman–Crippen MR) is 288 cm³/mol. The van der Waals surface area contributed by atoms with Crippen LogP contribution in [0.1, 0.15) is 232 Å². The normalized spacial score (nSPS) is 13.2. The van der Waals surface area contributed by atoms with Gasteiger partial charge in [0.1, 0.15) is 6.61 Å². The summed E-state index contributed by atoms with van der Waals surface area (Å²) in [5.74, 6) is -0.612. The Labute approximate surface area is 407 Å². The first-order valence-corrected chi connectivity index (χ1v) is 27.1.